The summed E-state index contributed by atoms with van der Waals surface area (Å²) in [5, 5.41) is 0. The Kier molecular flexibility index (Phi) is 7.24. The lowest BCUT2D eigenvalue weighted by atomic mass is 9.97. The summed E-state index contributed by atoms with van der Waals surface area (Å²) in [5.41, 5.74) is 11.4. The quantitative estimate of drug-likeness (QED) is 0.400. The van der Waals surface area contributed by atoms with E-state index < -0.39 is 5.91 Å². The Morgan fingerprint density at radius 1 is 1.00 bits per heavy atom. The number of primary amides is 1. The molecule has 0 radical (unpaired) electrons. The van der Waals surface area contributed by atoms with Crippen LogP contribution >= 0.6 is 0 Å². The molecule has 8 heteroatoms. The van der Waals surface area contributed by atoms with Gasteiger partial charge in [-0.15, -0.1) is 0 Å². The van der Waals surface area contributed by atoms with Crippen molar-refractivity contribution in [3.05, 3.63) is 76.2 Å². The summed E-state index contributed by atoms with van der Waals surface area (Å²) in [6, 6.07) is 11.5. The van der Waals surface area contributed by atoms with Crippen molar-refractivity contribution in [1.29, 1.82) is 0 Å². The van der Waals surface area contributed by atoms with Crippen LogP contribution in [0.5, 0.6) is 0 Å². The van der Waals surface area contributed by atoms with Gasteiger partial charge in [-0.25, -0.2) is 4.98 Å². The number of Topliss-reactive ketones (excluding diaryl/α,β-unsaturated/α-hetero) is 1. The van der Waals surface area contributed by atoms with E-state index in [0.717, 1.165) is 22.9 Å². The molecule has 1 fully saturated rings. The lowest BCUT2D eigenvalue weighted by molar-refractivity contribution is -0.148. The molecule has 3 aromatic rings. The second-order valence-corrected chi connectivity index (χ2v) is 9.45. The summed E-state index contributed by atoms with van der Waals surface area (Å²) in [4.78, 5) is 43.2. The molecule has 3 heterocycles. The Balaban J connectivity index is 1.34. The lowest BCUT2D eigenvalue weighted by Gasteiger charge is -2.31. The van der Waals surface area contributed by atoms with E-state index in [1.165, 1.54) is 17.3 Å². The Morgan fingerprint density at radius 2 is 1.72 bits per heavy atom. The van der Waals surface area contributed by atoms with Crippen molar-refractivity contribution < 1.29 is 19.1 Å². The molecule has 2 aromatic heterocycles. The van der Waals surface area contributed by atoms with Crippen LogP contribution < -0.4 is 10.6 Å². The molecule has 1 saturated heterocycles. The van der Waals surface area contributed by atoms with Crippen LogP contribution in [0.1, 0.15) is 56.1 Å². The summed E-state index contributed by atoms with van der Waals surface area (Å²) in [7, 11) is 0. The number of benzene rings is 1. The molecule has 1 aliphatic rings. The molecular formula is C28H32N4O4. The maximum Gasteiger partial charge on any atom is 0.309 e. The fourth-order valence-electron chi connectivity index (χ4n) is 4.70. The highest BCUT2D eigenvalue weighted by Crippen LogP contribution is 2.25. The van der Waals surface area contributed by atoms with Crippen LogP contribution in [0.15, 0.2) is 42.6 Å². The first-order chi connectivity index (χ1) is 17.2. The number of amides is 1. The first kappa shape index (κ1) is 25.2. The van der Waals surface area contributed by atoms with E-state index in [1.54, 1.807) is 12.1 Å². The third-order valence-corrected chi connectivity index (χ3v) is 7.01. The number of ether oxygens (including phenoxy) is 1. The maximum atomic E-state index is 12.9. The second-order valence-electron chi connectivity index (χ2n) is 9.45. The number of anilines is 1. The number of nitrogens with two attached hydrogens (primary N) is 1. The number of hydrogen-bond donors (Lipinski definition) is 1. The normalized spacial score (nSPS) is 14.1. The molecule has 1 aromatic carbocycles. The molecule has 0 spiro atoms. The Morgan fingerprint density at radius 3 is 2.33 bits per heavy atom. The molecule has 0 atom stereocenters. The van der Waals surface area contributed by atoms with Crippen molar-refractivity contribution in [1.82, 2.24) is 9.55 Å². The molecule has 36 heavy (non-hydrogen) atoms. The highest BCUT2D eigenvalue weighted by Gasteiger charge is 2.28. The first-order valence-electron chi connectivity index (χ1n) is 12.1. The van der Waals surface area contributed by atoms with E-state index in [-0.39, 0.29) is 24.3 Å². The predicted molar refractivity (Wildman–Crippen MR) is 138 cm³/mol. The largest absolute Gasteiger partial charge is 0.457 e. The van der Waals surface area contributed by atoms with Gasteiger partial charge in [-0.05, 0) is 82.0 Å². The minimum Gasteiger partial charge on any atom is -0.457 e. The number of esters is 1. The van der Waals surface area contributed by atoms with Gasteiger partial charge in [0.1, 0.15) is 5.82 Å². The van der Waals surface area contributed by atoms with E-state index in [2.05, 4.69) is 40.4 Å². The topological polar surface area (TPSA) is 108 Å². The van der Waals surface area contributed by atoms with Gasteiger partial charge in [-0.2, -0.15) is 0 Å². The first-order valence-corrected chi connectivity index (χ1v) is 12.1. The molecule has 0 unspecified atom stereocenters. The molecule has 8 nitrogen and oxygen atoms in total. The standard InChI is InChI=1S/C28H32N4O4/c1-17-5-7-23(13-18(17)2)32-19(3)14-24(20(32)4)25(33)16-36-28(35)21-9-11-31(12-10-21)26-8-6-22(15-30-26)27(29)34/h5-8,13-15,21H,9-12,16H2,1-4H3,(H2,29,34). The van der Waals surface area contributed by atoms with Gasteiger partial charge in [0.2, 0.25) is 11.7 Å². The van der Waals surface area contributed by atoms with E-state index in [0.29, 0.717) is 37.1 Å². The maximum absolute atomic E-state index is 12.9. The molecule has 1 amide bonds. The van der Waals surface area contributed by atoms with Crippen molar-refractivity contribution in [3.63, 3.8) is 0 Å². The number of aryl methyl sites for hydroxylation is 3. The fourth-order valence-corrected chi connectivity index (χ4v) is 4.70. The summed E-state index contributed by atoms with van der Waals surface area (Å²) in [6.45, 7) is 9.01. The molecule has 4 rings (SSSR count). The number of piperidine rings is 1. The molecule has 2 N–H and O–H groups in total. The minimum atomic E-state index is -0.516. The summed E-state index contributed by atoms with van der Waals surface area (Å²) in [6.07, 6.45) is 2.67. The lowest BCUT2D eigenvalue weighted by Crippen LogP contribution is -2.37. The zero-order valence-corrected chi connectivity index (χ0v) is 21.2. The highest BCUT2D eigenvalue weighted by molar-refractivity contribution is 5.99. The third-order valence-electron chi connectivity index (χ3n) is 7.01. The van der Waals surface area contributed by atoms with E-state index in [1.807, 2.05) is 26.0 Å². The predicted octanol–water partition coefficient (Wildman–Crippen LogP) is 3.85. The van der Waals surface area contributed by atoms with Gasteiger partial charge >= 0.3 is 5.97 Å². The van der Waals surface area contributed by atoms with Crippen LogP contribution in [0.25, 0.3) is 5.69 Å². The van der Waals surface area contributed by atoms with Gasteiger partial charge in [0, 0.05) is 41.9 Å². The monoisotopic (exact) mass is 488 g/mol. The summed E-state index contributed by atoms with van der Waals surface area (Å²) in [5.74, 6) is -0.592. The number of aromatic nitrogens is 2. The van der Waals surface area contributed by atoms with Crippen LogP contribution in [-0.2, 0) is 9.53 Å². The molecule has 0 saturated carbocycles. The fraction of sp³-hybridized carbons (Fsp3) is 0.357. The molecule has 0 bridgehead atoms. The van der Waals surface area contributed by atoms with Crippen LogP contribution in [0.2, 0.25) is 0 Å². The Labute approximate surface area is 211 Å². The van der Waals surface area contributed by atoms with E-state index >= 15 is 0 Å². The van der Waals surface area contributed by atoms with Gasteiger partial charge in [-0.1, -0.05) is 6.07 Å². The van der Waals surface area contributed by atoms with Crippen molar-refractivity contribution in [3.8, 4) is 5.69 Å². The van der Waals surface area contributed by atoms with Crippen LogP contribution in [0, 0.1) is 33.6 Å². The zero-order chi connectivity index (χ0) is 26.0. The average Bonchev–Trinajstić information content (AvgIpc) is 3.18. The third kappa shape index (κ3) is 5.17. The average molecular weight is 489 g/mol. The molecular weight excluding hydrogens is 456 g/mol. The number of nitrogens with zero attached hydrogens (tertiary/aromatic N) is 3. The number of ketones is 1. The second kappa shape index (κ2) is 10.4. The van der Waals surface area contributed by atoms with Crippen molar-refractivity contribution in [2.75, 3.05) is 24.6 Å². The highest BCUT2D eigenvalue weighted by atomic mass is 16.5. The Hall–Kier alpha value is -3.94. The van der Waals surface area contributed by atoms with Crippen LogP contribution in [-0.4, -0.2) is 46.9 Å². The van der Waals surface area contributed by atoms with Gasteiger partial charge in [0.25, 0.3) is 0 Å². The minimum absolute atomic E-state index is 0.206. The summed E-state index contributed by atoms with van der Waals surface area (Å²) < 4.78 is 7.50. The SMILES string of the molecule is Cc1ccc(-n2c(C)cc(C(=O)COC(=O)C3CCN(c4ccc(C(N)=O)cn4)CC3)c2C)cc1C. The number of hydrogen-bond acceptors (Lipinski definition) is 6. The van der Waals surface area contributed by atoms with Gasteiger partial charge in [0.15, 0.2) is 6.61 Å². The molecule has 0 aliphatic carbocycles. The van der Waals surface area contributed by atoms with E-state index in [4.69, 9.17) is 10.5 Å². The smallest absolute Gasteiger partial charge is 0.309 e. The van der Waals surface area contributed by atoms with Crippen molar-refractivity contribution >= 4 is 23.5 Å². The van der Waals surface area contributed by atoms with Gasteiger partial charge in [0.05, 0.1) is 11.5 Å². The van der Waals surface area contributed by atoms with Gasteiger partial charge in [-0.3, -0.25) is 14.4 Å². The van der Waals surface area contributed by atoms with Crippen molar-refractivity contribution in [2.24, 2.45) is 11.7 Å². The van der Waals surface area contributed by atoms with Crippen molar-refractivity contribution in [2.45, 2.75) is 40.5 Å². The Bertz CT molecular complexity index is 1300. The zero-order valence-electron chi connectivity index (χ0n) is 21.2. The van der Waals surface area contributed by atoms with Crippen LogP contribution in [0.3, 0.4) is 0 Å². The molecule has 1 aliphatic heterocycles. The van der Waals surface area contributed by atoms with Gasteiger partial charge < -0.3 is 19.9 Å². The van der Waals surface area contributed by atoms with E-state index in [9.17, 15) is 14.4 Å². The number of pyridine rings is 1. The summed E-state index contributed by atoms with van der Waals surface area (Å²) >= 11 is 0. The molecule has 188 valence electrons. The number of carbonyl (C=O) groups excluding carboxylic acids is 3. The number of rotatable bonds is 7. The van der Waals surface area contributed by atoms with Crippen LogP contribution in [0.4, 0.5) is 5.82 Å². The number of carbonyl (C=O) groups is 3.